The van der Waals surface area contributed by atoms with Gasteiger partial charge >= 0.3 is 0 Å². The van der Waals surface area contributed by atoms with Crippen LogP contribution >= 0.6 is 0 Å². The molecule has 0 spiro atoms. The minimum atomic E-state index is 0.0679. The van der Waals surface area contributed by atoms with Gasteiger partial charge in [-0.1, -0.05) is 0 Å². The summed E-state index contributed by atoms with van der Waals surface area (Å²) in [4.78, 5) is 2.67. The smallest absolute Gasteiger partial charge is 0.0641 e. The molecule has 1 N–H and O–H groups in total. The average Bonchev–Trinajstić information content (AvgIpc) is 2.61. The van der Waals surface area contributed by atoms with Gasteiger partial charge in [-0.3, -0.25) is 4.90 Å². The Bertz CT molecular complexity index is 283. The standard InChI is InChI=1S/C15H30N2O/c1-14(2,3)16-12-6-8-17(11-12)13-7-9-18-15(4,5)10-13/h12-13,16H,6-11H2,1-5H3/t12-,13?/m1/s1. The predicted octanol–water partition coefficient (Wildman–Crippen LogP) is 2.41. The number of hydrogen-bond donors (Lipinski definition) is 1. The van der Waals surface area contributed by atoms with Gasteiger partial charge in [0.2, 0.25) is 0 Å². The van der Waals surface area contributed by atoms with E-state index < -0.39 is 0 Å². The van der Waals surface area contributed by atoms with Crippen molar-refractivity contribution in [2.75, 3.05) is 19.7 Å². The summed E-state index contributed by atoms with van der Waals surface area (Å²) in [6, 6.07) is 1.39. The van der Waals surface area contributed by atoms with Gasteiger partial charge in [-0.15, -0.1) is 0 Å². The fourth-order valence-electron chi connectivity index (χ4n) is 3.36. The molecule has 1 unspecified atom stereocenters. The quantitative estimate of drug-likeness (QED) is 0.819. The molecule has 3 nitrogen and oxygen atoms in total. The van der Waals surface area contributed by atoms with Gasteiger partial charge in [0.25, 0.3) is 0 Å². The molecule has 0 aromatic rings. The molecule has 2 fully saturated rings. The van der Waals surface area contributed by atoms with Crippen molar-refractivity contribution in [3.8, 4) is 0 Å². The lowest BCUT2D eigenvalue weighted by molar-refractivity contribution is -0.0805. The Labute approximate surface area is 112 Å². The fourth-order valence-corrected chi connectivity index (χ4v) is 3.36. The van der Waals surface area contributed by atoms with Gasteiger partial charge in [0.15, 0.2) is 0 Å². The topological polar surface area (TPSA) is 24.5 Å². The highest BCUT2D eigenvalue weighted by atomic mass is 16.5. The van der Waals surface area contributed by atoms with Gasteiger partial charge in [-0.25, -0.2) is 0 Å². The van der Waals surface area contributed by atoms with Crippen molar-refractivity contribution in [2.24, 2.45) is 0 Å². The lowest BCUT2D eigenvalue weighted by atomic mass is 9.93. The average molecular weight is 254 g/mol. The van der Waals surface area contributed by atoms with Crippen molar-refractivity contribution in [3.63, 3.8) is 0 Å². The van der Waals surface area contributed by atoms with Crippen molar-refractivity contribution in [3.05, 3.63) is 0 Å². The predicted molar refractivity (Wildman–Crippen MR) is 75.9 cm³/mol. The molecule has 2 saturated heterocycles. The Kier molecular flexibility index (Phi) is 4.05. The second-order valence-corrected chi connectivity index (χ2v) is 7.63. The van der Waals surface area contributed by atoms with Gasteiger partial charge in [0.05, 0.1) is 5.60 Å². The maximum atomic E-state index is 5.82. The molecular weight excluding hydrogens is 224 g/mol. The van der Waals surface area contributed by atoms with Crippen LogP contribution in [-0.2, 0) is 4.74 Å². The first kappa shape index (κ1) is 14.3. The third-order valence-electron chi connectivity index (χ3n) is 4.04. The van der Waals surface area contributed by atoms with Gasteiger partial charge in [-0.05, 0) is 53.9 Å². The van der Waals surface area contributed by atoms with Crippen LogP contribution < -0.4 is 5.32 Å². The van der Waals surface area contributed by atoms with Crippen LogP contribution in [-0.4, -0.2) is 47.8 Å². The second-order valence-electron chi connectivity index (χ2n) is 7.63. The number of nitrogens with one attached hydrogen (secondary N) is 1. The largest absolute Gasteiger partial charge is 0.375 e. The van der Waals surface area contributed by atoms with E-state index in [2.05, 4.69) is 44.8 Å². The Morgan fingerprint density at radius 3 is 2.56 bits per heavy atom. The summed E-state index contributed by atoms with van der Waals surface area (Å²) in [6.07, 6.45) is 3.66. The summed E-state index contributed by atoms with van der Waals surface area (Å²) in [5, 5.41) is 3.73. The molecule has 0 aliphatic carbocycles. The molecule has 2 rings (SSSR count). The Morgan fingerprint density at radius 1 is 1.22 bits per heavy atom. The van der Waals surface area contributed by atoms with E-state index in [4.69, 9.17) is 4.74 Å². The van der Waals surface area contributed by atoms with Crippen LogP contribution in [0, 0.1) is 0 Å². The molecule has 0 bridgehead atoms. The minimum Gasteiger partial charge on any atom is -0.375 e. The highest BCUT2D eigenvalue weighted by Gasteiger charge is 2.36. The minimum absolute atomic E-state index is 0.0679. The molecule has 0 saturated carbocycles. The van der Waals surface area contributed by atoms with Crippen LogP contribution in [0.3, 0.4) is 0 Å². The van der Waals surface area contributed by atoms with E-state index in [0.29, 0.717) is 6.04 Å². The van der Waals surface area contributed by atoms with Crippen molar-refractivity contribution in [2.45, 2.75) is 77.1 Å². The Balaban J connectivity index is 1.85. The van der Waals surface area contributed by atoms with E-state index in [1.165, 1.54) is 32.4 Å². The molecule has 0 aromatic heterocycles. The third kappa shape index (κ3) is 3.94. The van der Waals surface area contributed by atoms with E-state index in [1.807, 2.05) is 0 Å². The normalized spacial score (nSPS) is 33.8. The first-order valence-electron chi connectivity index (χ1n) is 7.41. The number of nitrogens with zero attached hydrogens (tertiary/aromatic N) is 1. The van der Waals surface area contributed by atoms with Crippen LogP contribution in [0.15, 0.2) is 0 Å². The van der Waals surface area contributed by atoms with E-state index in [1.54, 1.807) is 0 Å². The van der Waals surface area contributed by atoms with Crippen LogP contribution in [0.2, 0.25) is 0 Å². The number of rotatable bonds is 2. The van der Waals surface area contributed by atoms with Crippen molar-refractivity contribution >= 4 is 0 Å². The van der Waals surface area contributed by atoms with Gasteiger partial charge in [0.1, 0.15) is 0 Å². The lowest BCUT2D eigenvalue weighted by Crippen LogP contribution is -2.48. The monoisotopic (exact) mass is 254 g/mol. The first-order valence-corrected chi connectivity index (χ1v) is 7.41. The van der Waals surface area contributed by atoms with E-state index in [-0.39, 0.29) is 11.1 Å². The maximum Gasteiger partial charge on any atom is 0.0641 e. The van der Waals surface area contributed by atoms with Gasteiger partial charge < -0.3 is 10.1 Å². The Morgan fingerprint density at radius 2 is 1.94 bits per heavy atom. The zero-order valence-corrected chi connectivity index (χ0v) is 12.8. The molecule has 2 aliphatic heterocycles. The van der Waals surface area contributed by atoms with Crippen molar-refractivity contribution in [1.29, 1.82) is 0 Å². The highest BCUT2D eigenvalue weighted by molar-refractivity contribution is 4.92. The van der Waals surface area contributed by atoms with Crippen LogP contribution in [0.4, 0.5) is 0 Å². The number of hydrogen-bond acceptors (Lipinski definition) is 3. The van der Waals surface area contributed by atoms with Gasteiger partial charge in [0, 0.05) is 37.3 Å². The summed E-state index contributed by atoms with van der Waals surface area (Å²) >= 11 is 0. The molecule has 0 radical (unpaired) electrons. The second kappa shape index (κ2) is 5.10. The maximum absolute atomic E-state index is 5.82. The zero-order chi connectivity index (χ0) is 13.4. The van der Waals surface area contributed by atoms with Crippen LogP contribution in [0.25, 0.3) is 0 Å². The fraction of sp³-hybridized carbons (Fsp3) is 1.00. The van der Waals surface area contributed by atoms with Crippen molar-refractivity contribution < 1.29 is 4.74 Å². The van der Waals surface area contributed by atoms with E-state index in [9.17, 15) is 0 Å². The van der Waals surface area contributed by atoms with Crippen LogP contribution in [0.1, 0.15) is 53.9 Å². The molecule has 0 amide bonds. The van der Waals surface area contributed by atoms with Crippen LogP contribution in [0.5, 0.6) is 0 Å². The summed E-state index contributed by atoms with van der Waals surface area (Å²) in [6.45, 7) is 14.6. The SMILES string of the molecule is CC(C)(C)N[C@@H]1CCN(C2CCOC(C)(C)C2)C1. The zero-order valence-electron chi connectivity index (χ0n) is 12.8. The summed E-state index contributed by atoms with van der Waals surface area (Å²) in [5.41, 5.74) is 0.300. The first-order chi connectivity index (χ1) is 8.25. The number of ether oxygens (including phenoxy) is 1. The molecule has 2 atom stereocenters. The molecule has 0 aromatic carbocycles. The molecule has 2 heterocycles. The van der Waals surface area contributed by atoms with E-state index in [0.717, 1.165) is 12.6 Å². The van der Waals surface area contributed by atoms with E-state index >= 15 is 0 Å². The highest BCUT2D eigenvalue weighted by Crippen LogP contribution is 2.29. The summed E-state index contributed by atoms with van der Waals surface area (Å²) < 4.78 is 5.82. The van der Waals surface area contributed by atoms with Crippen molar-refractivity contribution in [1.82, 2.24) is 10.2 Å². The molecule has 3 heteroatoms. The summed E-state index contributed by atoms with van der Waals surface area (Å²) in [5.74, 6) is 0. The molecule has 18 heavy (non-hydrogen) atoms. The Hall–Kier alpha value is -0.120. The molecule has 106 valence electrons. The number of likely N-dealkylation sites (tertiary alicyclic amines) is 1. The summed E-state index contributed by atoms with van der Waals surface area (Å²) in [7, 11) is 0. The third-order valence-corrected chi connectivity index (χ3v) is 4.04. The van der Waals surface area contributed by atoms with Gasteiger partial charge in [-0.2, -0.15) is 0 Å². The molecular formula is C15H30N2O. The molecule has 2 aliphatic rings. The lowest BCUT2D eigenvalue weighted by Gasteiger charge is -2.40.